The molecule has 0 fully saturated rings. The largest absolute Gasteiger partial charge is 0.311 e. The van der Waals surface area contributed by atoms with Crippen LogP contribution in [0.5, 0.6) is 0 Å². The molecule has 22 heavy (non-hydrogen) atoms. The van der Waals surface area contributed by atoms with Crippen LogP contribution in [0.3, 0.4) is 0 Å². The molecule has 0 aliphatic carbocycles. The molecule has 0 atom stereocenters. The Morgan fingerprint density at radius 2 is 1.45 bits per heavy atom. The highest BCUT2D eigenvalue weighted by Gasteiger charge is 2.01. The molecule has 0 N–H and O–H groups in total. The van der Waals surface area contributed by atoms with Crippen molar-refractivity contribution in [1.82, 2.24) is 4.57 Å². The summed E-state index contributed by atoms with van der Waals surface area (Å²) in [6.07, 6.45) is 1.88. The van der Waals surface area contributed by atoms with Crippen molar-refractivity contribution in [3.05, 3.63) is 100 Å². The zero-order valence-electron chi connectivity index (χ0n) is 12.2. The van der Waals surface area contributed by atoms with Crippen molar-refractivity contribution in [1.29, 1.82) is 0 Å². The highest BCUT2D eigenvalue weighted by atomic mass is 32.2. The Bertz CT molecular complexity index is 781. The Balaban J connectivity index is 1.68. The average Bonchev–Trinajstić information content (AvgIpc) is 2.57. The van der Waals surface area contributed by atoms with Crippen LogP contribution in [0.25, 0.3) is 0 Å². The van der Waals surface area contributed by atoms with Gasteiger partial charge < -0.3 is 4.57 Å². The Morgan fingerprint density at radius 3 is 2.09 bits per heavy atom. The van der Waals surface area contributed by atoms with Gasteiger partial charge in [0, 0.05) is 22.9 Å². The number of hydrogen-bond donors (Lipinski definition) is 0. The molecule has 0 amide bonds. The molecule has 3 rings (SSSR count). The number of benzene rings is 2. The van der Waals surface area contributed by atoms with Crippen molar-refractivity contribution in [3.8, 4) is 0 Å². The number of rotatable bonds is 5. The first kappa shape index (κ1) is 14.7. The quantitative estimate of drug-likeness (QED) is 0.659. The molecular weight excluding hydrogens is 290 g/mol. The molecular formula is C19H17NOS. The van der Waals surface area contributed by atoms with Gasteiger partial charge in [0.2, 0.25) is 0 Å². The lowest BCUT2D eigenvalue weighted by Crippen LogP contribution is -2.18. The molecule has 0 aliphatic heterocycles. The van der Waals surface area contributed by atoms with E-state index in [9.17, 15) is 4.79 Å². The molecule has 0 saturated heterocycles. The second-order valence-electron chi connectivity index (χ2n) is 5.09. The second kappa shape index (κ2) is 7.14. The highest BCUT2D eigenvalue weighted by molar-refractivity contribution is 7.98. The van der Waals surface area contributed by atoms with Crippen molar-refractivity contribution < 1.29 is 0 Å². The predicted octanol–water partition coefficient (Wildman–Crippen LogP) is 4.19. The monoisotopic (exact) mass is 307 g/mol. The Morgan fingerprint density at radius 1 is 0.818 bits per heavy atom. The van der Waals surface area contributed by atoms with Gasteiger partial charge in [-0.3, -0.25) is 4.79 Å². The summed E-state index contributed by atoms with van der Waals surface area (Å²) in [7, 11) is 0. The van der Waals surface area contributed by atoms with Crippen molar-refractivity contribution in [3.63, 3.8) is 0 Å². The number of nitrogens with zero attached hydrogens (tertiary/aromatic N) is 1. The Labute approximate surface area is 134 Å². The molecule has 1 heterocycles. The van der Waals surface area contributed by atoms with Crippen LogP contribution >= 0.6 is 11.8 Å². The van der Waals surface area contributed by atoms with Gasteiger partial charge >= 0.3 is 0 Å². The standard InChI is InChI=1S/C19H17NOS/c21-19-13-18(22-15-17-9-5-2-6-10-17)11-12-20(19)14-16-7-3-1-4-8-16/h1-13H,14-15H2. The molecule has 2 nitrogen and oxygen atoms in total. The Hall–Kier alpha value is -2.26. The van der Waals surface area contributed by atoms with Crippen LogP contribution in [-0.4, -0.2) is 4.57 Å². The minimum Gasteiger partial charge on any atom is -0.311 e. The normalized spacial score (nSPS) is 10.5. The third-order valence-electron chi connectivity index (χ3n) is 3.41. The smallest absolute Gasteiger partial charge is 0.251 e. The lowest BCUT2D eigenvalue weighted by atomic mass is 10.2. The van der Waals surface area contributed by atoms with Crippen LogP contribution in [0.15, 0.2) is 88.7 Å². The number of pyridine rings is 1. The average molecular weight is 307 g/mol. The summed E-state index contributed by atoms with van der Waals surface area (Å²) in [6, 6.07) is 24.0. The number of hydrogen-bond acceptors (Lipinski definition) is 2. The zero-order valence-corrected chi connectivity index (χ0v) is 13.0. The first-order chi connectivity index (χ1) is 10.8. The molecule has 110 valence electrons. The van der Waals surface area contributed by atoms with Crippen LogP contribution < -0.4 is 5.56 Å². The lowest BCUT2D eigenvalue weighted by molar-refractivity contribution is 0.753. The van der Waals surface area contributed by atoms with E-state index < -0.39 is 0 Å². The molecule has 2 aromatic carbocycles. The molecule has 0 unspecified atom stereocenters. The molecule has 0 aliphatic rings. The summed E-state index contributed by atoms with van der Waals surface area (Å²) in [5, 5.41) is 0. The first-order valence-electron chi connectivity index (χ1n) is 7.22. The second-order valence-corrected chi connectivity index (χ2v) is 6.14. The minimum atomic E-state index is 0.0434. The van der Waals surface area contributed by atoms with Crippen LogP contribution in [0.1, 0.15) is 11.1 Å². The third kappa shape index (κ3) is 3.89. The van der Waals surface area contributed by atoms with E-state index in [1.807, 2.05) is 60.8 Å². The van der Waals surface area contributed by atoms with E-state index in [-0.39, 0.29) is 5.56 Å². The molecule has 0 bridgehead atoms. The maximum atomic E-state index is 12.2. The van der Waals surface area contributed by atoms with Gasteiger partial charge in [0.25, 0.3) is 5.56 Å². The molecule has 0 spiro atoms. The topological polar surface area (TPSA) is 22.0 Å². The highest BCUT2D eigenvalue weighted by Crippen LogP contribution is 2.21. The predicted molar refractivity (Wildman–Crippen MR) is 92.2 cm³/mol. The van der Waals surface area contributed by atoms with Gasteiger partial charge in [0.05, 0.1) is 6.54 Å². The van der Waals surface area contributed by atoms with Crippen molar-refractivity contribution in [2.24, 2.45) is 0 Å². The fraction of sp³-hybridized carbons (Fsp3) is 0.105. The molecule has 0 radical (unpaired) electrons. The van der Waals surface area contributed by atoms with Crippen LogP contribution in [0, 0.1) is 0 Å². The van der Waals surface area contributed by atoms with Crippen molar-refractivity contribution >= 4 is 11.8 Å². The van der Waals surface area contributed by atoms with Gasteiger partial charge in [-0.05, 0) is 17.2 Å². The van der Waals surface area contributed by atoms with Gasteiger partial charge in [-0.1, -0.05) is 60.7 Å². The van der Waals surface area contributed by atoms with Crippen LogP contribution in [0.4, 0.5) is 0 Å². The fourth-order valence-corrected chi connectivity index (χ4v) is 3.10. The van der Waals surface area contributed by atoms with Crippen molar-refractivity contribution in [2.45, 2.75) is 17.2 Å². The van der Waals surface area contributed by atoms with Gasteiger partial charge in [-0.15, -0.1) is 11.8 Å². The van der Waals surface area contributed by atoms with Gasteiger partial charge in [-0.2, -0.15) is 0 Å². The zero-order chi connectivity index (χ0) is 15.2. The molecule has 3 heteroatoms. The number of aromatic nitrogens is 1. The summed E-state index contributed by atoms with van der Waals surface area (Å²) < 4.78 is 1.74. The summed E-state index contributed by atoms with van der Waals surface area (Å²) >= 11 is 1.69. The fourth-order valence-electron chi connectivity index (χ4n) is 2.23. The summed E-state index contributed by atoms with van der Waals surface area (Å²) in [5.74, 6) is 0.878. The summed E-state index contributed by atoms with van der Waals surface area (Å²) in [5.41, 5.74) is 2.44. The summed E-state index contributed by atoms with van der Waals surface area (Å²) in [6.45, 7) is 0.614. The lowest BCUT2D eigenvalue weighted by Gasteiger charge is -2.07. The maximum Gasteiger partial charge on any atom is 0.251 e. The van der Waals surface area contributed by atoms with E-state index in [1.54, 1.807) is 22.4 Å². The van der Waals surface area contributed by atoms with E-state index in [0.717, 1.165) is 16.2 Å². The van der Waals surface area contributed by atoms with Crippen LogP contribution in [0.2, 0.25) is 0 Å². The molecule has 3 aromatic rings. The minimum absolute atomic E-state index is 0.0434. The SMILES string of the molecule is O=c1cc(SCc2ccccc2)ccn1Cc1ccccc1. The molecule has 1 aromatic heterocycles. The first-order valence-corrected chi connectivity index (χ1v) is 8.21. The van der Waals surface area contributed by atoms with Gasteiger partial charge in [-0.25, -0.2) is 0 Å². The molecule has 0 saturated carbocycles. The van der Waals surface area contributed by atoms with Gasteiger partial charge in [0.1, 0.15) is 0 Å². The maximum absolute atomic E-state index is 12.2. The number of thioether (sulfide) groups is 1. The van der Waals surface area contributed by atoms with Gasteiger partial charge in [0.15, 0.2) is 0 Å². The Kier molecular flexibility index (Phi) is 4.76. The van der Waals surface area contributed by atoms with E-state index in [4.69, 9.17) is 0 Å². The van der Waals surface area contributed by atoms with Crippen molar-refractivity contribution in [2.75, 3.05) is 0 Å². The van der Waals surface area contributed by atoms with Crippen LogP contribution in [-0.2, 0) is 12.3 Å². The third-order valence-corrected chi connectivity index (χ3v) is 4.48. The van der Waals surface area contributed by atoms with E-state index >= 15 is 0 Å². The summed E-state index contributed by atoms with van der Waals surface area (Å²) in [4.78, 5) is 13.2. The van der Waals surface area contributed by atoms with E-state index in [0.29, 0.717) is 6.54 Å². The van der Waals surface area contributed by atoms with E-state index in [2.05, 4.69) is 12.1 Å². The van der Waals surface area contributed by atoms with E-state index in [1.165, 1.54) is 5.56 Å².